The van der Waals surface area contributed by atoms with E-state index in [1.54, 1.807) is 18.6 Å². The highest BCUT2D eigenvalue weighted by molar-refractivity contribution is 8.00. The second-order valence-corrected chi connectivity index (χ2v) is 16.7. The number of carboxylic acids is 1. The molecule has 1 saturated heterocycles. The highest BCUT2D eigenvalue weighted by atomic mass is 32.2. The van der Waals surface area contributed by atoms with Gasteiger partial charge in [-0.05, 0) is 54.0 Å². The molecule has 0 spiro atoms. The number of hydrogen-bond donors (Lipinski definition) is 3. The maximum absolute atomic E-state index is 14.2. The van der Waals surface area contributed by atoms with Crippen LogP contribution >= 0.6 is 34.6 Å². The minimum Gasteiger partial charge on any atom is -0.477 e. The molecular formula is C42H36N8O5S3. The fraction of sp³-hybridized carbons (Fsp3) is 0.214. The molecule has 2 atom stereocenters. The predicted octanol–water partition coefficient (Wildman–Crippen LogP) is 6.77. The Morgan fingerprint density at radius 2 is 1.59 bits per heavy atom. The third kappa shape index (κ3) is 6.96. The number of nitrogens with zero attached hydrogens (tertiary/aromatic N) is 6. The van der Waals surface area contributed by atoms with E-state index in [4.69, 9.17) is 9.82 Å². The molecule has 1 aliphatic carbocycles. The maximum Gasteiger partial charge on any atom is 0.352 e. The van der Waals surface area contributed by atoms with Crippen LogP contribution in [0.15, 0.2) is 131 Å². The molecule has 58 heavy (non-hydrogen) atoms. The highest BCUT2D eigenvalue weighted by Crippen LogP contribution is 2.42. The summed E-state index contributed by atoms with van der Waals surface area (Å²) in [7, 11) is 0. The molecule has 2 fully saturated rings. The second kappa shape index (κ2) is 16.0. The molecule has 5 heterocycles. The first-order chi connectivity index (χ1) is 28.4. The summed E-state index contributed by atoms with van der Waals surface area (Å²) in [4.78, 5) is 57.6. The van der Waals surface area contributed by atoms with Gasteiger partial charge < -0.3 is 20.6 Å². The van der Waals surface area contributed by atoms with E-state index >= 15 is 0 Å². The van der Waals surface area contributed by atoms with E-state index in [1.165, 1.54) is 28.0 Å². The van der Waals surface area contributed by atoms with Gasteiger partial charge in [-0.3, -0.25) is 18.9 Å². The number of aromatic nitrogens is 4. The fourth-order valence-electron chi connectivity index (χ4n) is 7.64. The van der Waals surface area contributed by atoms with Crippen molar-refractivity contribution in [3.05, 3.63) is 154 Å². The number of nitrogens with one attached hydrogen (secondary N) is 2. The van der Waals surface area contributed by atoms with Gasteiger partial charge in [0.1, 0.15) is 39.9 Å². The topological polar surface area (TPSA) is 163 Å². The Morgan fingerprint density at radius 3 is 2.22 bits per heavy atom. The van der Waals surface area contributed by atoms with Crippen LogP contribution in [0, 0.1) is 0 Å². The summed E-state index contributed by atoms with van der Waals surface area (Å²) in [6.45, 7) is 0. The lowest BCUT2D eigenvalue weighted by Crippen LogP contribution is -2.71. The van der Waals surface area contributed by atoms with Gasteiger partial charge >= 0.3 is 5.97 Å². The van der Waals surface area contributed by atoms with Crippen LogP contribution in [-0.4, -0.2) is 75.5 Å². The van der Waals surface area contributed by atoms with E-state index in [0.717, 1.165) is 64.4 Å². The van der Waals surface area contributed by atoms with Crippen LogP contribution in [0.1, 0.15) is 53.9 Å². The van der Waals surface area contributed by atoms with Crippen LogP contribution in [0.4, 0.5) is 5.13 Å². The van der Waals surface area contributed by atoms with Crippen LogP contribution in [-0.2, 0) is 24.8 Å². The summed E-state index contributed by atoms with van der Waals surface area (Å²) < 4.78 is 6.50. The number of carbonyl (C=O) groups excluding carboxylic acids is 2. The van der Waals surface area contributed by atoms with E-state index in [2.05, 4.69) is 61.5 Å². The Hall–Kier alpha value is -6.10. The number of rotatable bonds is 13. The summed E-state index contributed by atoms with van der Waals surface area (Å²) in [5.41, 5.74) is 3.06. The molecule has 0 unspecified atom stereocenters. The van der Waals surface area contributed by atoms with Crippen molar-refractivity contribution >= 4 is 74.2 Å². The number of amides is 2. The molecular weight excluding hydrogens is 793 g/mol. The van der Waals surface area contributed by atoms with Gasteiger partial charge in [0.05, 0.1) is 11.9 Å². The standard InChI is InChI=1S/C42H36N8O5S3/c51-37(44-34-38(52)50-35(40(53)54)26(23-57-39(34)50)20-21-30-24-56-32-22-43-25-49(30)32)33(47-55-31-18-10-11-19-31)36-45-41(58-48-36)46-42(27-12-4-1-5-13-27,28-14-6-2-7-15-28)29-16-8-3-9-17-29/h1-9,12-17,20-22,24-25,31,34,39H,10-11,18-19,23H2,(H,44,51)(H,53,54)(H,45,46,48)/b21-20?,47-33-/t34-,39-/m1/s1. The Bertz CT molecular complexity index is 2470. The number of hydrogen-bond acceptors (Lipinski definition) is 12. The molecule has 6 aromatic rings. The van der Waals surface area contributed by atoms with Gasteiger partial charge in [-0.1, -0.05) is 102 Å². The van der Waals surface area contributed by atoms with E-state index < -0.39 is 34.7 Å². The number of fused-ring (bicyclic) bond motifs is 2. The Kier molecular flexibility index (Phi) is 10.4. The van der Waals surface area contributed by atoms with Crippen molar-refractivity contribution in [2.45, 2.75) is 48.7 Å². The quantitative estimate of drug-likeness (QED) is 0.0491. The number of imidazole rings is 1. The molecule has 292 valence electrons. The Labute approximate surface area is 345 Å². The van der Waals surface area contributed by atoms with E-state index in [0.29, 0.717) is 16.5 Å². The van der Waals surface area contributed by atoms with Gasteiger partial charge in [0.15, 0.2) is 0 Å². The Balaban J connectivity index is 1.00. The van der Waals surface area contributed by atoms with Crippen molar-refractivity contribution in [3.8, 4) is 0 Å². The fourth-order valence-corrected chi connectivity index (χ4v) is 10.4. The largest absolute Gasteiger partial charge is 0.477 e. The zero-order valence-corrected chi connectivity index (χ0v) is 33.3. The predicted molar refractivity (Wildman–Crippen MR) is 224 cm³/mol. The number of anilines is 1. The number of thioether (sulfide) groups is 1. The molecule has 0 bridgehead atoms. The van der Waals surface area contributed by atoms with Gasteiger partial charge in [-0.2, -0.15) is 9.36 Å². The van der Waals surface area contributed by atoms with Crippen LogP contribution in [0.3, 0.4) is 0 Å². The molecule has 3 aromatic carbocycles. The maximum atomic E-state index is 14.2. The van der Waals surface area contributed by atoms with Gasteiger partial charge in [0.2, 0.25) is 16.7 Å². The van der Waals surface area contributed by atoms with Crippen molar-refractivity contribution < 1.29 is 24.3 Å². The summed E-state index contributed by atoms with van der Waals surface area (Å²) in [5, 5.41) is 22.9. The summed E-state index contributed by atoms with van der Waals surface area (Å²) in [6.07, 6.45) is 10.4. The molecule has 13 nitrogen and oxygen atoms in total. The number of aliphatic carboxylic acids is 1. The van der Waals surface area contributed by atoms with Crippen LogP contribution < -0.4 is 10.6 Å². The number of allylic oxidation sites excluding steroid dienone is 1. The minimum absolute atomic E-state index is 0.0324. The second-order valence-electron chi connectivity index (χ2n) is 14.0. The third-order valence-electron chi connectivity index (χ3n) is 10.5. The van der Waals surface area contributed by atoms with Crippen molar-refractivity contribution in [1.29, 1.82) is 0 Å². The lowest BCUT2D eigenvalue weighted by atomic mass is 9.77. The first-order valence-corrected chi connectivity index (χ1v) is 21.4. The molecule has 16 heteroatoms. The summed E-state index contributed by atoms with van der Waals surface area (Å²) >= 11 is 3.98. The van der Waals surface area contributed by atoms with Gasteiger partial charge in [-0.15, -0.1) is 23.1 Å². The number of carbonyl (C=O) groups is 3. The van der Waals surface area contributed by atoms with Crippen molar-refractivity contribution in [3.63, 3.8) is 0 Å². The smallest absolute Gasteiger partial charge is 0.352 e. The molecule has 2 aliphatic heterocycles. The SMILES string of the molecule is O=C(O)C1=C(C=Cc2csc3cncn23)CS[C@@H]2[C@H](NC(=O)/C(=N\OC3CCCC3)c3nsc(NC(c4ccccc4)(c4ccccc4)c4ccccc4)n3)C(=O)N12. The van der Waals surface area contributed by atoms with Crippen molar-refractivity contribution in [1.82, 2.24) is 29.0 Å². The average Bonchev–Trinajstić information content (AvgIpc) is 4.10. The minimum atomic E-state index is -1.22. The summed E-state index contributed by atoms with van der Waals surface area (Å²) in [6, 6.07) is 29.2. The van der Waals surface area contributed by atoms with Crippen LogP contribution in [0.5, 0.6) is 0 Å². The van der Waals surface area contributed by atoms with E-state index in [9.17, 15) is 19.5 Å². The normalized spacial score (nSPS) is 18.7. The van der Waals surface area contributed by atoms with Gasteiger partial charge in [0.25, 0.3) is 11.8 Å². The third-order valence-corrected chi connectivity index (χ3v) is 13.3. The number of β-lactam (4-membered cyclic amide) rings is 1. The van der Waals surface area contributed by atoms with E-state index in [1.807, 2.05) is 70.5 Å². The summed E-state index contributed by atoms with van der Waals surface area (Å²) in [5.74, 6) is -2.11. The van der Waals surface area contributed by atoms with Crippen LogP contribution in [0.25, 0.3) is 10.9 Å². The molecule has 3 N–H and O–H groups in total. The Morgan fingerprint density at radius 1 is 0.931 bits per heavy atom. The molecule has 2 amide bonds. The molecule has 3 aliphatic rings. The molecule has 3 aromatic heterocycles. The zero-order chi connectivity index (χ0) is 39.6. The van der Waals surface area contributed by atoms with Crippen molar-refractivity contribution in [2.75, 3.05) is 11.1 Å². The van der Waals surface area contributed by atoms with E-state index in [-0.39, 0.29) is 23.3 Å². The molecule has 1 saturated carbocycles. The van der Waals surface area contributed by atoms with Gasteiger partial charge in [-0.25, -0.2) is 9.78 Å². The number of oxime groups is 1. The number of thiazole rings is 1. The van der Waals surface area contributed by atoms with Crippen LogP contribution in [0.2, 0.25) is 0 Å². The molecule has 0 radical (unpaired) electrons. The lowest BCUT2D eigenvalue weighted by Gasteiger charge is -2.49. The monoisotopic (exact) mass is 828 g/mol. The number of benzene rings is 3. The average molecular weight is 829 g/mol. The lowest BCUT2D eigenvalue weighted by molar-refractivity contribution is -0.150. The van der Waals surface area contributed by atoms with Gasteiger partial charge in [0, 0.05) is 22.7 Å². The van der Waals surface area contributed by atoms with Crippen molar-refractivity contribution in [2.24, 2.45) is 5.16 Å². The zero-order valence-electron chi connectivity index (χ0n) is 30.8. The first-order valence-electron chi connectivity index (χ1n) is 18.7. The highest BCUT2D eigenvalue weighted by Gasteiger charge is 2.54. The number of carboxylic acid groups (broad SMARTS) is 1. The molecule has 9 rings (SSSR count). The first kappa shape index (κ1) is 37.5.